The summed E-state index contributed by atoms with van der Waals surface area (Å²) >= 11 is 0. The Labute approximate surface area is 213 Å². The Balaban J connectivity index is 1.56. The molecule has 2 heterocycles. The molecule has 0 bridgehead atoms. The fourth-order valence-electron chi connectivity index (χ4n) is 4.75. The smallest absolute Gasteiger partial charge is 0.227 e. The van der Waals surface area contributed by atoms with Gasteiger partial charge in [0.25, 0.3) is 0 Å². The number of rotatable bonds is 7. The van der Waals surface area contributed by atoms with Crippen molar-refractivity contribution in [3.05, 3.63) is 65.4 Å². The third-order valence-electron chi connectivity index (χ3n) is 6.96. The Morgan fingerprint density at radius 1 is 0.972 bits per heavy atom. The topological polar surface area (TPSA) is 79.3 Å². The van der Waals surface area contributed by atoms with Gasteiger partial charge in [-0.2, -0.15) is 5.10 Å². The fraction of sp³-hybridized carbons (Fsp3) is 0.414. The Morgan fingerprint density at radius 3 is 2.31 bits per heavy atom. The highest BCUT2D eigenvalue weighted by Crippen LogP contribution is 2.35. The van der Waals surface area contributed by atoms with Crippen LogP contribution in [0.1, 0.15) is 50.4 Å². The molecule has 1 saturated heterocycles. The second kappa shape index (κ2) is 11.0. The normalized spacial score (nSPS) is 14.2. The Kier molecular flexibility index (Phi) is 7.77. The number of para-hydroxylation sites is 2. The number of aromatic nitrogens is 2. The summed E-state index contributed by atoms with van der Waals surface area (Å²) in [6, 6.07) is 16.1. The second-order valence-electron chi connectivity index (χ2n) is 9.89. The number of hydrogen-bond donors (Lipinski definition) is 2. The summed E-state index contributed by atoms with van der Waals surface area (Å²) in [6.07, 6.45) is 2.34. The van der Waals surface area contributed by atoms with Gasteiger partial charge >= 0.3 is 0 Å². The molecule has 0 spiro atoms. The number of amides is 2. The summed E-state index contributed by atoms with van der Waals surface area (Å²) in [5, 5.41) is 11.1. The van der Waals surface area contributed by atoms with Crippen LogP contribution in [0.25, 0.3) is 5.69 Å². The quantitative estimate of drug-likeness (QED) is 0.461. The predicted molar refractivity (Wildman–Crippen MR) is 146 cm³/mol. The minimum Gasteiger partial charge on any atom is -0.355 e. The molecule has 2 aromatic carbocycles. The van der Waals surface area contributed by atoms with E-state index in [9.17, 15) is 9.59 Å². The zero-order chi connectivity index (χ0) is 25.8. The second-order valence-corrected chi connectivity index (χ2v) is 9.89. The lowest BCUT2D eigenvalue weighted by atomic mass is 9.95. The van der Waals surface area contributed by atoms with Crippen molar-refractivity contribution in [1.29, 1.82) is 0 Å². The lowest BCUT2D eigenvalue weighted by Crippen LogP contribution is -2.39. The summed E-state index contributed by atoms with van der Waals surface area (Å²) < 4.78 is 1.91. The zero-order valence-electron chi connectivity index (χ0n) is 22.0. The number of aryl methyl sites for hydroxylation is 3. The largest absolute Gasteiger partial charge is 0.355 e. The molecule has 2 amide bonds. The zero-order valence-corrected chi connectivity index (χ0v) is 22.0. The van der Waals surface area contributed by atoms with Crippen LogP contribution in [0.15, 0.2) is 48.5 Å². The van der Waals surface area contributed by atoms with Gasteiger partial charge in [0.05, 0.1) is 11.4 Å². The monoisotopic (exact) mass is 487 g/mol. The van der Waals surface area contributed by atoms with Crippen molar-refractivity contribution in [1.82, 2.24) is 9.78 Å². The van der Waals surface area contributed by atoms with Gasteiger partial charge in [-0.15, -0.1) is 0 Å². The highest BCUT2D eigenvalue weighted by Gasteiger charge is 2.30. The molecule has 1 aliphatic rings. The lowest BCUT2D eigenvalue weighted by molar-refractivity contribution is -0.120. The molecule has 0 unspecified atom stereocenters. The Morgan fingerprint density at radius 2 is 1.67 bits per heavy atom. The minimum atomic E-state index is -0.138. The molecular weight excluding hydrogens is 450 g/mol. The summed E-state index contributed by atoms with van der Waals surface area (Å²) in [7, 11) is 0. The molecule has 1 aromatic heterocycles. The number of carbonyl (C=O) groups excluding carboxylic acids is 2. The van der Waals surface area contributed by atoms with Gasteiger partial charge in [-0.05, 0) is 56.4 Å². The summed E-state index contributed by atoms with van der Waals surface area (Å²) in [5.41, 5.74) is 5.65. The average molecular weight is 488 g/mol. The number of carbonyl (C=O) groups is 2. The molecule has 4 rings (SSSR count). The van der Waals surface area contributed by atoms with E-state index in [-0.39, 0.29) is 23.7 Å². The third-order valence-corrected chi connectivity index (χ3v) is 6.96. The van der Waals surface area contributed by atoms with E-state index in [0.29, 0.717) is 13.1 Å². The highest BCUT2D eigenvalue weighted by molar-refractivity contribution is 5.96. The van der Waals surface area contributed by atoms with E-state index in [1.165, 1.54) is 0 Å². The van der Waals surface area contributed by atoms with Crippen molar-refractivity contribution < 1.29 is 9.59 Å². The van der Waals surface area contributed by atoms with Crippen LogP contribution in [0.2, 0.25) is 0 Å². The van der Waals surface area contributed by atoms with Crippen LogP contribution < -0.4 is 15.5 Å². The molecule has 1 aliphatic heterocycles. The van der Waals surface area contributed by atoms with Gasteiger partial charge in [-0.25, -0.2) is 4.68 Å². The minimum absolute atomic E-state index is 0.0359. The van der Waals surface area contributed by atoms with E-state index >= 15 is 0 Å². The van der Waals surface area contributed by atoms with Gasteiger partial charge < -0.3 is 15.5 Å². The number of piperidine rings is 1. The molecule has 7 heteroatoms. The van der Waals surface area contributed by atoms with E-state index < -0.39 is 0 Å². The molecular formula is C29H37N5O2. The van der Waals surface area contributed by atoms with Crippen LogP contribution in [0.3, 0.4) is 0 Å². The van der Waals surface area contributed by atoms with E-state index in [2.05, 4.69) is 28.5 Å². The van der Waals surface area contributed by atoms with Crippen molar-refractivity contribution in [3.8, 4) is 5.69 Å². The van der Waals surface area contributed by atoms with Crippen LogP contribution in [0.4, 0.5) is 17.2 Å². The molecule has 1 fully saturated rings. The van der Waals surface area contributed by atoms with Crippen molar-refractivity contribution in [2.75, 3.05) is 28.6 Å². The molecule has 3 aromatic rings. The summed E-state index contributed by atoms with van der Waals surface area (Å²) in [4.78, 5) is 28.1. The SMILES string of the molecule is CCc1cccc(C)c1NC(=O)C1CCN(c2c(NC(=O)C(C)C)c(C)nn2-c2ccccc2)CC1. The van der Waals surface area contributed by atoms with E-state index in [1.807, 2.05) is 74.8 Å². The molecule has 0 aliphatic carbocycles. The number of benzene rings is 2. The van der Waals surface area contributed by atoms with E-state index in [1.54, 1.807) is 0 Å². The first kappa shape index (κ1) is 25.5. The average Bonchev–Trinajstić information content (AvgIpc) is 3.21. The maximum atomic E-state index is 13.2. The first-order chi connectivity index (χ1) is 17.3. The number of anilines is 3. The van der Waals surface area contributed by atoms with Gasteiger partial charge in [0.2, 0.25) is 11.8 Å². The third kappa shape index (κ3) is 5.30. The summed E-state index contributed by atoms with van der Waals surface area (Å²) in [6.45, 7) is 11.2. The molecule has 36 heavy (non-hydrogen) atoms. The van der Waals surface area contributed by atoms with Gasteiger partial charge in [-0.3, -0.25) is 9.59 Å². The van der Waals surface area contributed by atoms with E-state index in [4.69, 9.17) is 5.10 Å². The fourth-order valence-corrected chi connectivity index (χ4v) is 4.75. The molecule has 190 valence electrons. The van der Waals surface area contributed by atoms with Crippen molar-refractivity contribution in [3.63, 3.8) is 0 Å². The summed E-state index contributed by atoms with van der Waals surface area (Å²) in [5.74, 6) is 0.722. The van der Waals surface area contributed by atoms with Crippen LogP contribution in [-0.4, -0.2) is 34.7 Å². The van der Waals surface area contributed by atoms with Crippen LogP contribution >= 0.6 is 0 Å². The van der Waals surface area contributed by atoms with Gasteiger partial charge in [-0.1, -0.05) is 57.2 Å². The van der Waals surface area contributed by atoms with Gasteiger partial charge in [0.1, 0.15) is 5.69 Å². The molecule has 2 N–H and O–H groups in total. The van der Waals surface area contributed by atoms with Crippen molar-refractivity contribution in [2.45, 2.75) is 53.9 Å². The molecule has 0 atom stereocenters. The van der Waals surface area contributed by atoms with Crippen LogP contribution in [0, 0.1) is 25.7 Å². The maximum absolute atomic E-state index is 13.2. The van der Waals surface area contributed by atoms with E-state index in [0.717, 1.165) is 59.0 Å². The van der Waals surface area contributed by atoms with Crippen LogP contribution in [-0.2, 0) is 16.0 Å². The molecule has 0 saturated carbocycles. The van der Waals surface area contributed by atoms with Gasteiger partial charge in [0.15, 0.2) is 5.82 Å². The Hall–Kier alpha value is -3.61. The number of hydrogen-bond acceptors (Lipinski definition) is 4. The lowest BCUT2D eigenvalue weighted by Gasteiger charge is -2.34. The highest BCUT2D eigenvalue weighted by atomic mass is 16.2. The van der Waals surface area contributed by atoms with Crippen molar-refractivity contribution in [2.24, 2.45) is 11.8 Å². The molecule has 0 radical (unpaired) electrons. The van der Waals surface area contributed by atoms with Gasteiger partial charge in [0, 0.05) is 30.6 Å². The van der Waals surface area contributed by atoms with Crippen LogP contribution in [0.5, 0.6) is 0 Å². The first-order valence-electron chi connectivity index (χ1n) is 12.9. The number of nitrogens with one attached hydrogen (secondary N) is 2. The number of nitrogens with zero attached hydrogens (tertiary/aromatic N) is 3. The Bertz CT molecular complexity index is 1220. The molecule has 7 nitrogen and oxygen atoms in total. The predicted octanol–water partition coefficient (Wildman–Crippen LogP) is 5.50. The first-order valence-corrected chi connectivity index (χ1v) is 12.9. The maximum Gasteiger partial charge on any atom is 0.227 e. The standard InChI is InChI=1S/C29H37N5O2/c1-6-22-12-10-11-20(4)25(22)30-28(36)23-15-17-33(18-16-23)29-26(31-27(35)19(2)3)21(5)32-34(29)24-13-8-7-9-14-24/h7-14,19,23H,6,15-18H2,1-5H3,(H,30,36)(H,31,35). The van der Waals surface area contributed by atoms with Crippen molar-refractivity contribution >= 4 is 29.0 Å².